The van der Waals surface area contributed by atoms with Crippen molar-refractivity contribution in [2.75, 3.05) is 5.32 Å². The number of para-hydroxylation sites is 1. The molecule has 0 fully saturated rings. The Morgan fingerprint density at radius 2 is 1.96 bits per heavy atom. The predicted octanol–water partition coefficient (Wildman–Crippen LogP) is 4.51. The zero-order valence-electron chi connectivity index (χ0n) is 16.4. The van der Waals surface area contributed by atoms with Gasteiger partial charge in [0.15, 0.2) is 0 Å². The number of amides is 1. The number of fused-ring (bicyclic) bond motifs is 1. The van der Waals surface area contributed by atoms with Gasteiger partial charge >= 0.3 is 0 Å². The molecule has 0 unspecified atom stereocenters. The average Bonchev–Trinajstić information content (AvgIpc) is 2.68. The lowest BCUT2D eigenvalue weighted by Gasteiger charge is -2.16. The summed E-state index contributed by atoms with van der Waals surface area (Å²) >= 11 is 6.30. The second-order valence-corrected chi connectivity index (χ2v) is 7.19. The number of carbonyl (C=O) groups is 1. The van der Waals surface area contributed by atoms with Crippen molar-refractivity contribution < 1.29 is 4.79 Å². The van der Waals surface area contributed by atoms with Gasteiger partial charge in [-0.25, -0.2) is 4.98 Å². The smallest absolute Gasteiger partial charge is 0.261 e. The number of benzene rings is 2. The molecule has 0 spiro atoms. The van der Waals surface area contributed by atoms with E-state index in [0.717, 1.165) is 35.2 Å². The molecule has 0 atom stereocenters. The zero-order valence-corrected chi connectivity index (χ0v) is 17.1. The van der Waals surface area contributed by atoms with Gasteiger partial charge < -0.3 is 5.32 Å². The van der Waals surface area contributed by atoms with E-state index in [4.69, 9.17) is 11.6 Å². The molecule has 0 aliphatic heterocycles. The molecule has 0 aliphatic carbocycles. The highest BCUT2D eigenvalue weighted by Crippen LogP contribution is 2.29. The van der Waals surface area contributed by atoms with Gasteiger partial charge in [-0.1, -0.05) is 43.6 Å². The summed E-state index contributed by atoms with van der Waals surface area (Å²) in [6.07, 6.45) is 3.22. The van der Waals surface area contributed by atoms with Crippen molar-refractivity contribution in [1.29, 1.82) is 0 Å². The molecule has 0 radical (unpaired) electrons. The highest BCUT2D eigenvalue weighted by Gasteiger charge is 2.14. The van der Waals surface area contributed by atoms with E-state index in [9.17, 15) is 9.59 Å². The molecule has 6 heteroatoms. The third-order valence-corrected chi connectivity index (χ3v) is 5.33. The van der Waals surface area contributed by atoms with Gasteiger partial charge in [-0.2, -0.15) is 0 Å². The van der Waals surface area contributed by atoms with Crippen LogP contribution >= 0.6 is 11.6 Å². The van der Waals surface area contributed by atoms with Crippen molar-refractivity contribution in [2.24, 2.45) is 0 Å². The third-order valence-electron chi connectivity index (χ3n) is 4.98. The fourth-order valence-corrected chi connectivity index (χ4v) is 3.68. The number of anilines is 1. The van der Waals surface area contributed by atoms with Crippen molar-refractivity contribution in [3.63, 3.8) is 0 Å². The molecule has 146 valence electrons. The first-order chi connectivity index (χ1) is 13.5. The van der Waals surface area contributed by atoms with Crippen molar-refractivity contribution in [1.82, 2.24) is 9.55 Å². The fraction of sp³-hybridized carbons (Fsp3) is 0.318. The minimum Gasteiger partial charge on any atom is -0.325 e. The third kappa shape index (κ3) is 3.94. The zero-order chi connectivity index (χ0) is 20.3. The Morgan fingerprint density at radius 3 is 2.68 bits per heavy atom. The van der Waals surface area contributed by atoms with Crippen LogP contribution in [-0.4, -0.2) is 15.5 Å². The first-order valence-corrected chi connectivity index (χ1v) is 9.88. The maximum Gasteiger partial charge on any atom is 0.261 e. The van der Waals surface area contributed by atoms with Crippen LogP contribution < -0.4 is 10.9 Å². The summed E-state index contributed by atoms with van der Waals surface area (Å²) in [5.41, 5.74) is 4.31. The Bertz CT molecular complexity index is 1090. The second-order valence-electron chi connectivity index (χ2n) is 6.78. The molecular weight excluding hydrogens is 374 g/mol. The van der Waals surface area contributed by atoms with E-state index in [1.807, 2.05) is 45.0 Å². The molecule has 0 saturated carbocycles. The van der Waals surface area contributed by atoms with Crippen molar-refractivity contribution in [2.45, 2.75) is 46.6 Å². The Balaban J connectivity index is 1.79. The van der Waals surface area contributed by atoms with E-state index in [0.29, 0.717) is 15.9 Å². The minimum absolute atomic E-state index is 0.132. The largest absolute Gasteiger partial charge is 0.325 e. The van der Waals surface area contributed by atoms with Crippen molar-refractivity contribution >= 4 is 34.1 Å². The number of aryl methyl sites for hydroxylation is 3. The van der Waals surface area contributed by atoms with Crippen LogP contribution in [0.4, 0.5) is 5.69 Å². The molecule has 1 heterocycles. The lowest BCUT2D eigenvalue weighted by atomic mass is 10.0. The Hall–Kier alpha value is -2.66. The van der Waals surface area contributed by atoms with Crippen LogP contribution in [-0.2, 0) is 24.2 Å². The van der Waals surface area contributed by atoms with Crippen LogP contribution in [0.5, 0.6) is 0 Å². The fourth-order valence-electron chi connectivity index (χ4n) is 3.39. The molecule has 0 bridgehead atoms. The van der Waals surface area contributed by atoms with Crippen LogP contribution in [0.1, 0.15) is 37.0 Å². The summed E-state index contributed by atoms with van der Waals surface area (Å²) in [7, 11) is 0. The Kier molecular flexibility index (Phi) is 6.15. The highest BCUT2D eigenvalue weighted by atomic mass is 35.5. The monoisotopic (exact) mass is 397 g/mol. The molecule has 1 N–H and O–H groups in total. The van der Waals surface area contributed by atoms with Crippen molar-refractivity contribution in [3.05, 3.63) is 68.7 Å². The van der Waals surface area contributed by atoms with Gasteiger partial charge in [0.25, 0.3) is 5.56 Å². The van der Waals surface area contributed by atoms with Gasteiger partial charge in [-0.05, 0) is 48.6 Å². The predicted molar refractivity (Wildman–Crippen MR) is 114 cm³/mol. The first-order valence-electron chi connectivity index (χ1n) is 9.51. The number of halogens is 1. The van der Waals surface area contributed by atoms with Crippen LogP contribution in [0, 0.1) is 6.92 Å². The molecule has 2 aromatic carbocycles. The SMILES string of the molecule is CCc1ccc(Cl)c(CC)c1NC(=O)CCn1cnc2c(C)cccc2c1=O. The Morgan fingerprint density at radius 1 is 1.18 bits per heavy atom. The number of rotatable bonds is 6. The molecule has 5 nitrogen and oxygen atoms in total. The van der Waals surface area contributed by atoms with E-state index in [1.165, 1.54) is 10.9 Å². The number of nitrogens with one attached hydrogen (secondary N) is 1. The maximum absolute atomic E-state index is 12.7. The van der Waals surface area contributed by atoms with E-state index in [1.54, 1.807) is 6.07 Å². The molecule has 3 rings (SSSR count). The average molecular weight is 398 g/mol. The number of aromatic nitrogens is 2. The summed E-state index contributed by atoms with van der Waals surface area (Å²) in [5.74, 6) is -0.150. The van der Waals surface area contributed by atoms with E-state index < -0.39 is 0 Å². The van der Waals surface area contributed by atoms with Gasteiger partial charge in [0.05, 0.1) is 17.2 Å². The molecule has 1 aromatic heterocycles. The lowest BCUT2D eigenvalue weighted by Crippen LogP contribution is -2.24. The number of hydrogen-bond donors (Lipinski definition) is 1. The number of carbonyl (C=O) groups excluding carboxylic acids is 1. The molecule has 0 saturated heterocycles. The lowest BCUT2D eigenvalue weighted by molar-refractivity contribution is -0.116. The summed E-state index contributed by atoms with van der Waals surface area (Å²) in [6.45, 7) is 6.25. The minimum atomic E-state index is -0.150. The summed E-state index contributed by atoms with van der Waals surface area (Å²) in [4.78, 5) is 29.6. The summed E-state index contributed by atoms with van der Waals surface area (Å²) in [5, 5.41) is 4.22. The molecule has 1 amide bonds. The second kappa shape index (κ2) is 8.57. The van der Waals surface area contributed by atoms with Gasteiger partial charge in [0.2, 0.25) is 5.91 Å². The van der Waals surface area contributed by atoms with Crippen LogP contribution in [0.25, 0.3) is 10.9 Å². The Labute approximate surface area is 169 Å². The van der Waals surface area contributed by atoms with Crippen LogP contribution in [0.2, 0.25) is 5.02 Å². The molecule has 0 aliphatic rings. The van der Waals surface area contributed by atoms with Crippen molar-refractivity contribution in [3.8, 4) is 0 Å². The van der Waals surface area contributed by atoms with Gasteiger partial charge in [-0.3, -0.25) is 14.2 Å². The topological polar surface area (TPSA) is 64.0 Å². The summed E-state index contributed by atoms with van der Waals surface area (Å²) < 4.78 is 1.49. The van der Waals surface area contributed by atoms with Gasteiger partial charge in [-0.15, -0.1) is 0 Å². The molecule has 28 heavy (non-hydrogen) atoms. The number of nitrogens with zero attached hydrogens (tertiary/aromatic N) is 2. The molecule has 3 aromatic rings. The van der Waals surface area contributed by atoms with Crippen LogP contribution in [0.15, 0.2) is 41.5 Å². The van der Waals surface area contributed by atoms with Gasteiger partial charge in [0, 0.05) is 23.7 Å². The highest BCUT2D eigenvalue weighted by molar-refractivity contribution is 6.32. The van der Waals surface area contributed by atoms with Crippen LogP contribution in [0.3, 0.4) is 0 Å². The van der Waals surface area contributed by atoms with E-state index >= 15 is 0 Å². The number of hydrogen-bond acceptors (Lipinski definition) is 3. The van der Waals surface area contributed by atoms with Gasteiger partial charge in [0.1, 0.15) is 0 Å². The van der Waals surface area contributed by atoms with E-state index in [2.05, 4.69) is 10.3 Å². The molecular formula is C22H24ClN3O2. The maximum atomic E-state index is 12.7. The summed E-state index contributed by atoms with van der Waals surface area (Å²) in [6, 6.07) is 9.35. The normalized spacial score (nSPS) is 11.0. The van der Waals surface area contributed by atoms with E-state index in [-0.39, 0.29) is 24.4 Å². The first kappa shape index (κ1) is 20.1. The standard InChI is InChI=1S/C22H24ClN3O2/c1-4-15-9-10-18(23)16(5-2)21(15)25-19(27)11-12-26-13-24-20-14(3)7-6-8-17(20)22(26)28/h6-10,13H,4-5,11-12H2,1-3H3,(H,25,27). The quantitative estimate of drug-likeness (QED) is 0.665.